The fraction of sp³-hybridized carbons (Fsp3) is 0.0833. The molecule has 0 fully saturated rings. The first-order valence-corrected chi connectivity index (χ1v) is 4.48. The van der Waals surface area contributed by atoms with Crippen molar-refractivity contribution < 1.29 is 0 Å². The number of halogens is 1. The average Bonchev–Trinajstić information content (AvgIpc) is 2.13. The molecule has 0 unspecified atom stereocenters. The summed E-state index contributed by atoms with van der Waals surface area (Å²) in [6, 6.07) is 0. The average molecular weight is 208 g/mol. The van der Waals surface area contributed by atoms with E-state index in [1.54, 1.807) is 25.2 Å². The predicted molar refractivity (Wildman–Crippen MR) is 65.7 cm³/mol. The van der Waals surface area contributed by atoms with Crippen molar-refractivity contribution in [3.8, 4) is 0 Å². The molecule has 0 aromatic heterocycles. The van der Waals surface area contributed by atoms with Gasteiger partial charge in [-0.05, 0) is 31.4 Å². The molecule has 74 valence electrons. The second kappa shape index (κ2) is 7.10. The van der Waals surface area contributed by atoms with Crippen LogP contribution in [0.5, 0.6) is 0 Å². The zero-order valence-electron chi connectivity index (χ0n) is 8.33. The summed E-state index contributed by atoms with van der Waals surface area (Å²) in [5.74, 6) is 0. The van der Waals surface area contributed by atoms with Crippen LogP contribution in [0.15, 0.2) is 64.8 Å². The molecule has 0 aliphatic heterocycles. The Morgan fingerprint density at radius 2 is 2.00 bits per heavy atom. The Bertz CT molecular complexity index is 315. The van der Waals surface area contributed by atoms with Crippen LogP contribution in [0.2, 0.25) is 0 Å². The van der Waals surface area contributed by atoms with Crippen LogP contribution < -0.4 is 0 Å². The molecule has 0 N–H and O–H groups in total. The summed E-state index contributed by atoms with van der Waals surface area (Å²) in [4.78, 5) is 3.81. The first kappa shape index (κ1) is 12.7. The van der Waals surface area contributed by atoms with Crippen LogP contribution in [-0.2, 0) is 0 Å². The number of nitrogens with zero attached hydrogens (tertiary/aromatic N) is 1. The molecule has 14 heavy (non-hydrogen) atoms. The maximum Gasteiger partial charge on any atom is 0.0688 e. The van der Waals surface area contributed by atoms with Gasteiger partial charge in [-0.25, -0.2) is 0 Å². The lowest BCUT2D eigenvalue weighted by Crippen LogP contribution is -1.79. The highest BCUT2D eigenvalue weighted by molar-refractivity contribution is 6.29. The van der Waals surface area contributed by atoms with E-state index in [0.717, 1.165) is 10.6 Å². The summed E-state index contributed by atoms with van der Waals surface area (Å²) < 4.78 is 0. The van der Waals surface area contributed by atoms with E-state index in [2.05, 4.69) is 24.9 Å². The topological polar surface area (TPSA) is 12.4 Å². The third-order valence-corrected chi connectivity index (χ3v) is 1.52. The number of rotatable bonds is 5. The summed E-state index contributed by atoms with van der Waals surface area (Å²) >= 11 is 5.65. The second-order valence-corrected chi connectivity index (χ2v) is 3.18. The van der Waals surface area contributed by atoms with E-state index in [0.29, 0.717) is 5.70 Å². The number of hydrogen-bond donors (Lipinski definition) is 0. The standard InChI is InChI=1S/C12H14ClN/c1-5-7-12(14-4)10(2)8-6-9-11(3)13/h5-9H,1-2,4H2,3H3. The molecule has 0 aromatic carbocycles. The number of aliphatic imine (C=N–C) groups is 1. The van der Waals surface area contributed by atoms with Crippen LogP contribution in [0.1, 0.15) is 6.92 Å². The lowest BCUT2D eigenvalue weighted by Gasteiger charge is -1.97. The van der Waals surface area contributed by atoms with Crippen LogP contribution in [0.25, 0.3) is 0 Å². The Morgan fingerprint density at radius 3 is 2.43 bits per heavy atom. The molecular formula is C12H14ClN. The summed E-state index contributed by atoms with van der Waals surface area (Å²) in [6.45, 7) is 12.7. The van der Waals surface area contributed by atoms with Gasteiger partial charge in [-0.3, -0.25) is 4.99 Å². The molecule has 0 atom stereocenters. The third-order valence-electron chi connectivity index (χ3n) is 1.40. The van der Waals surface area contributed by atoms with E-state index in [-0.39, 0.29) is 0 Å². The summed E-state index contributed by atoms with van der Waals surface area (Å²) in [5.41, 5.74) is 1.48. The molecule has 2 heteroatoms. The molecule has 0 spiro atoms. The van der Waals surface area contributed by atoms with Crippen molar-refractivity contribution in [3.05, 3.63) is 59.8 Å². The monoisotopic (exact) mass is 207 g/mol. The van der Waals surface area contributed by atoms with Crippen molar-refractivity contribution in [1.82, 2.24) is 0 Å². The largest absolute Gasteiger partial charge is 0.264 e. The number of allylic oxidation sites excluding steroid dienone is 6. The molecule has 0 bridgehead atoms. The lowest BCUT2D eigenvalue weighted by atomic mass is 10.2. The van der Waals surface area contributed by atoms with Crippen LogP contribution in [0, 0.1) is 0 Å². The normalized spacial score (nSPS) is 13.0. The molecule has 0 amide bonds. The Hall–Kier alpha value is -1.34. The van der Waals surface area contributed by atoms with Crippen molar-refractivity contribution in [3.63, 3.8) is 0 Å². The van der Waals surface area contributed by atoms with Gasteiger partial charge in [0.2, 0.25) is 0 Å². The Balaban J connectivity index is 4.55. The summed E-state index contributed by atoms with van der Waals surface area (Å²) in [7, 11) is 0. The van der Waals surface area contributed by atoms with Crippen molar-refractivity contribution >= 4 is 18.3 Å². The SMILES string of the molecule is C=CC=C(N=C)C(=C)C=CC=C(C)Cl. The lowest BCUT2D eigenvalue weighted by molar-refractivity contribution is 1.37. The smallest absolute Gasteiger partial charge is 0.0688 e. The van der Waals surface area contributed by atoms with E-state index in [9.17, 15) is 0 Å². The van der Waals surface area contributed by atoms with Gasteiger partial charge in [0.05, 0.1) is 5.70 Å². The predicted octanol–water partition coefficient (Wildman–Crippen LogP) is 4.01. The van der Waals surface area contributed by atoms with Crippen molar-refractivity contribution in [2.45, 2.75) is 6.92 Å². The highest BCUT2D eigenvalue weighted by Gasteiger charge is 1.92. The first-order valence-electron chi connectivity index (χ1n) is 4.11. The fourth-order valence-corrected chi connectivity index (χ4v) is 0.828. The summed E-state index contributed by atoms with van der Waals surface area (Å²) in [5, 5.41) is 0.717. The van der Waals surface area contributed by atoms with Gasteiger partial charge in [0, 0.05) is 5.03 Å². The zero-order chi connectivity index (χ0) is 11.0. The van der Waals surface area contributed by atoms with Gasteiger partial charge in [-0.15, -0.1) is 0 Å². The van der Waals surface area contributed by atoms with Crippen LogP contribution >= 0.6 is 11.6 Å². The maximum absolute atomic E-state index is 5.65. The van der Waals surface area contributed by atoms with Gasteiger partial charge in [0.1, 0.15) is 0 Å². The molecular weight excluding hydrogens is 194 g/mol. The fourth-order valence-electron chi connectivity index (χ4n) is 0.755. The summed E-state index contributed by atoms with van der Waals surface area (Å²) in [6.07, 6.45) is 8.80. The molecule has 0 saturated carbocycles. The molecule has 0 rings (SSSR count). The van der Waals surface area contributed by atoms with Gasteiger partial charge in [-0.1, -0.05) is 43.0 Å². The molecule has 0 aliphatic rings. The van der Waals surface area contributed by atoms with Crippen molar-refractivity contribution in [2.24, 2.45) is 4.99 Å². The highest BCUT2D eigenvalue weighted by Crippen LogP contribution is 2.10. The molecule has 0 aromatic rings. The molecule has 0 heterocycles. The van der Waals surface area contributed by atoms with Crippen LogP contribution in [-0.4, -0.2) is 6.72 Å². The van der Waals surface area contributed by atoms with E-state index in [1.165, 1.54) is 0 Å². The van der Waals surface area contributed by atoms with Crippen LogP contribution in [0.4, 0.5) is 0 Å². The van der Waals surface area contributed by atoms with Gasteiger partial charge in [0.15, 0.2) is 0 Å². The van der Waals surface area contributed by atoms with E-state index < -0.39 is 0 Å². The first-order chi connectivity index (χ1) is 6.61. The zero-order valence-corrected chi connectivity index (χ0v) is 9.09. The second-order valence-electron chi connectivity index (χ2n) is 2.58. The van der Waals surface area contributed by atoms with E-state index >= 15 is 0 Å². The van der Waals surface area contributed by atoms with Gasteiger partial charge in [0.25, 0.3) is 0 Å². The van der Waals surface area contributed by atoms with E-state index in [1.807, 2.05) is 12.2 Å². The van der Waals surface area contributed by atoms with Crippen LogP contribution in [0.3, 0.4) is 0 Å². The quantitative estimate of drug-likeness (QED) is 0.477. The Morgan fingerprint density at radius 1 is 1.36 bits per heavy atom. The third kappa shape index (κ3) is 5.33. The molecule has 0 radical (unpaired) electrons. The maximum atomic E-state index is 5.65. The van der Waals surface area contributed by atoms with E-state index in [4.69, 9.17) is 11.6 Å². The minimum atomic E-state index is 0.705. The molecule has 0 saturated heterocycles. The highest BCUT2D eigenvalue weighted by atomic mass is 35.5. The minimum absolute atomic E-state index is 0.705. The minimum Gasteiger partial charge on any atom is -0.264 e. The number of hydrogen-bond acceptors (Lipinski definition) is 1. The van der Waals surface area contributed by atoms with Crippen molar-refractivity contribution in [1.29, 1.82) is 0 Å². The van der Waals surface area contributed by atoms with Gasteiger partial charge >= 0.3 is 0 Å². The van der Waals surface area contributed by atoms with Crippen molar-refractivity contribution in [2.75, 3.05) is 0 Å². The molecule has 1 nitrogen and oxygen atoms in total. The van der Waals surface area contributed by atoms with Gasteiger partial charge < -0.3 is 0 Å². The van der Waals surface area contributed by atoms with Gasteiger partial charge in [-0.2, -0.15) is 0 Å². The Kier molecular flexibility index (Phi) is 6.42. The Labute approximate surface area is 90.5 Å². The molecule has 0 aliphatic carbocycles.